The van der Waals surface area contributed by atoms with E-state index in [0.717, 1.165) is 22.6 Å². The number of hydrogen-bond donors (Lipinski definition) is 1. The summed E-state index contributed by atoms with van der Waals surface area (Å²) in [5.74, 6) is -0.981. The van der Waals surface area contributed by atoms with E-state index in [1.165, 1.54) is 17.5 Å². The molecule has 2 aromatic heterocycles. The van der Waals surface area contributed by atoms with Crippen LogP contribution in [-0.2, 0) is 24.7 Å². The predicted octanol–water partition coefficient (Wildman–Crippen LogP) is 6.63. The number of benzene rings is 2. The molecule has 0 amide bonds. The van der Waals surface area contributed by atoms with Gasteiger partial charge in [-0.2, -0.15) is 13.2 Å². The van der Waals surface area contributed by atoms with Gasteiger partial charge in [0, 0.05) is 30.2 Å². The molecule has 1 atom stereocenters. The molecule has 3 nitrogen and oxygen atoms in total. The summed E-state index contributed by atoms with van der Waals surface area (Å²) in [7, 11) is 0. The first-order valence-corrected chi connectivity index (χ1v) is 11.2. The van der Waals surface area contributed by atoms with Gasteiger partial charge in [-0.25, -0.2) is 4.39 Å². The predicted molar refractivity (Wildman–Crippen MR) is 121 cm³/mol. The Labute approximate surface area is 197 Å². The Morgan fingerprint density at radius 3 is 2.33 bits per heavy atom. The molecule has 4 aromatic rings. The third kappa shape index (κ3) is 5.40. The fraction of sp³-hybridized carbons (Fsp3) is 0.167. The maximum absolute atomic E-state index is 14.5. The van der Waals surface area contributed by atoms with Gasteiger partial charge in [0.15, 0.2) is 0 Å². The second-order valence-electron chi connectivity index (χ2n) is 7.48. The van der Waals surface area contributed by atoms with E-state index in [9.17, 15) is 17.6 Å². The Balaban J connectivity index is 1.93. The SMILES string of the molecule is Fc1cc(C(F)(F)F)cc(C(Cc2ccccc2)(NCc2cncs2)c2ccc(Cl)cn2)c1. The highest BCUT2D eigenvalue weighted by molar-refractivity contribution is 7.09. The van der Waals surface area contributed by atoms with Crippen LogP contribution in [-0.4, -0.2) is 9.97 Å². The molecule has 0 radical (unpaired) electrons. The summed E-state index contributed by atoms with van der Waals surface area (Å²) in [4.78, 5) is 9.36. The molecule has 0 saturated heterocycles. The van der Waals surface area contributed by atoms with Crippen molar-refractivity contribution in [2.45, 2.75) is 24.7 Å². The van der Waals surface area contributed by atoms with E-state index in [-0.39, 0.29) is 12.0 Å². The summed E-state index contributed by atoms with van der Waals surface area (Å²) in [6, 6.07) is 15.1. The molecule has 4 rings (SSSR count). The van der Waals surface area contributed by atoms with Crippen molar-refractivity contribution in [3.8, 4) is 0 Å². The summed E-state index contributed by atoms with van der Waals surface area (Å²) in [6.45, 7) is 0.291. The van der Waals surface area contributed by atoms with Crippen molar-refractivity contribution in [3.05, 3.63) is 117 Å². The van der Waals surface area contributed by atoms with Gasteiger partial charge in [-0.05, 0) is 41.5 Å². The molecular weight excluding hydrogens is 474 g/mol. The lowest BCUT2D eigenvalue weighted by Crippen LogP contribution is -2.46. The van der Waals surface area contributed by atoms with E-state index in [1.807, 2.05) is 30.3 Å². The monoisotopic (exact) mass is 491 g/mol. The number of thiazole rings is 1. The molecule has 0 aliphatic rings. The van der Waals surface area contributed by atoms with Crippen molar-refractivity contribution >= 4 is 22.9 Å². The number of rotatable bonds is 7. The summed E-state index contributed by atoms with van der Waals surface area (Å²) in [5, 5.41) is 3.75. The first kappa shape index (κ1) is 23.4. The Hall–Kier alpha value is -2.81. The number of alkyl halides is 3. The summed E-state index contributed by atoms with van der Waals surface area (Å²) in [6.07, 6.45) is -1.38. The normalized spacial score (nSPS) is 13.6. The van der Waals surface area contributed by atoms with Crippen LogP contribution in [0.15, 0.2) is 78.6 Å². The topological polar surface area (TPSA) is 37.8 Å². The van der Waals surface area contributed by atoms with Crippen molar-refractivity contribution in [1.82, 2.24) is 15.3 Å². The van der Waals surface area contributed by atoms with Crippen LogP contribution >= 0.6 is 22.9 Å². The van der Waals surface area contributed by atoms with Crippen molar-refractivity contribution in [2.75, 3.05) is 0 Å². The first-order chi connectivity index (χ1) is 15.8. The molecule has 0 spiro atoms. The van der Waals surface area contributed by atoms with E-state index >= 15 is 0 Å². The van der Waals surface area contributed by atoms with Crippen LogP contribution in [0.25, 0.3) is 0 Å². The van der Waals surface area contributed by atoms with Gasteiger partial charge in [-0.1, -0.05) is 41.9 Å². The van der Waals surface area contributed by atoms with Crippen molar-refractivity contribution in [3.63, 3.8) is 0 Å². The number of nitrogens with one attached hydrogen (secondary N) is 1. The lowest BCUT2D eigenvalue weighted by Gasteiger charge is -2.36. The molecule has 33 heavy (non-hydrogen) atoms. The maximum atomic E-state index is 14.5. The van der Waals surface area contributed by atoms with Crippen LogP contribution < -0.4 is 5.32 Å². The van der Waals surface area contributed by atoms with Gasteiger partial charge in [0.2, 0.25) is 0 Å². The van der Waals surface area contributed by atoms with Gasteiger partial charge < -0.3 is 0 Å². The second kappa shape index (κ2) is 9.59. The van der Waals surface area contributed by atoms with E-state index in [2.05, 4.69) is 15.3 Å². The number of pyridine rings is 1. The van der Waals surface area contributed by atoms with Gasteiger partial charge in [-0.15, -0.1) is 11.3 Å². The fourth-order valence-electron chi connectivity index (χ4n) is 3.69. The van der Waals surface area contributed by atoms with Crippen LogP contribution in [0.1, 0.15) is 27.3 Å². The minimum absolute atomic E-state index is 0.109. The van der Waals surface area contributed by atoms with Gasteiger partial charge in [0.05, 0.1) is 27.3 Å². The fourth-order valence-corrected chi connectivity index (χ4v) is 4.34. The molecule has 2 heterocycles. The molecule has 0 bridgehead atoms. The number of nitrogens with zero attached hydrogens (tertiary/aromatic N) is 2. The van der Waals surface area contributed by atoms with Crippen LogP contribution in [0.3, 0.4) is 0 Å². The summed E-state index contributed by atoms with van der Waals surface area (Å²) in [5.41, 5.74) is 0.683. The number of aromatic nitrogens is 2. The smallest absolute Gasteiger partial charge is 0.297 e. The van der Waals surface area contributed by atoms with E-state index in [1.54, 1.807) is 23.8 Å². The third-order valence-corrected chi connectivity index (χ3v) is 6.25. The van der Waals surface area contributed by atoms with Gasteiger partial charge >= 0.3 is 6.18 Å². The van der Waals surface area contributed by atoms with E-state index in [0.29, 0.717) is 23.3 Å². The molecule has 0 fully saturated rings. The average Bonchev–Trinajstić information content (AvgIpc) is 3.31. The lowest BCUT2D eigenvalue weighted by atomic mass is 9.79. The summed E-state index contributed by atoms with van der Waals surface area (Å²) >= 11 is 7.44. The minimum atomic E-state index is -4.71. The standard InChI is InChI=1S/C24H18ClF4N3S/c25-19-6-7-22(31-12-19)23(11-16-4-2-1-3-5-16,32-14-21-13-30-15-33-21)17-8-18(24(27,28)29)10-20(26)9-17/h1-10,12-13,15,32H,11,14H2. The molecular formula is C24H18ClF4N3S. The minimum Gasteiger partial charge on any atom is -0.297 e. The quantitative estimate of drug-likeness (QED) is 0.295. The lowest BCUT2D eigenvalue weighted by molar-refractivity contribution is -0.137. The Morgan fingerprint density at radius 2 is 1.70 bits per heavy atom. The Morgan fingerprint density at radius 1 is 0.939 bits per heavy atom. The molecule has 1 unspecified atom stereocenters. The van der Waals surface area contributed by atoms with Crippen molar-refractivity contribution in [2.24, 2.45) is 0 Å². The third-order valence-electron chi connectivity index (χ3n) is 5.24. The van der Waals surface area contributed by atoms with Gasteiger partial charge in [0.1, 0.15) is 5.82 Å². The van der Waals surface area contributed by atoms with Crippen LogP contribution in [0.2, 0.25) is 5.02 Å². The highest BCUT2D eigenvalue weighted by Crippen LogP contribution is 2.38. The Kier molecular flexibility index (Phi) is 6.78. The maximum Gasteiger partial charge on any atom is 0.416 e. The highest BCUT2D eigenvalue weighted by Gasteiger charge is 2.39. The molecule has 9 heteroatoms. The zero-order valence-electron chi connectivity index (χ0n) is 17.1. The molecule has 0 saturated carbocycles. The van der Waals surface area contributed by atoms with Crippen molar-refractivity contribution < 1.29 is 17.6 Å². The molecule has 0 aliphatic heterocycles. The second-order valence-corrected chi connectivity index (χ2v) is 8.88. The number of halogens is 5. The first-order valence-electron chi connectivity index (χ1n) is 9.93. The number of hydrogen-bond acceptors (Lipinski definition) is 4. The van der Waals surface area contributed by atoms with Crippen molar-refractivity contribution in [1.29, 1.82) is 0 Å². The molecule has 2 aromatic carbocycles. The van der Waals surface area contributed by atoms with Crippen LogP contribution in [0, 0.1) is 5.82 Å². The van der Waals surface area contributed by atoms with E-state index in [4.69, 9.17) is 11.6 Å². The van der Waals surface area contributed by atoms with Gasteiger partial charge in [-0.3, -0.25) is 15.3 Å². The molecule has 0 aliphatic carbocycles. The summed E-state index contributed by atoms with van der Waals surface area (Å²) < 4.78 is 55.3. The molecule has 1 N–H and O–H groups in total. The Bertz CT molecular complexity index is 1200. The van der Waals surface area contributed by atoms with Crippen LogP contribution in [0.4, 0.5) is 17.6 Å². The van der Waals surface area contributed by atoms with Crippen LogP contribution in [0.5, 0.6) is 0 Å². The van der Waals surface area contributed by atoms with E-state index < -0.39 is 23.1 Å². The molecule has 170 valence electrons. The average molecular weight is 492 g/mol. The zero-order valence-corrected chi connectivity index (χ0v) is 18.7. The van der Waals surface area contributed by atoms with Gasteiger partial charge in [0.25, 0.3) is 0 Å². The highest BCUT2D eigenvalue weighted by atomic mass is 35.5. The zero-order chi connectivity index (χ0) is 23.5. The largest absolute Gasteiger partial charge is 0.416 e.